The molecule has 1 aliphatic carbocycles. The van der Waals surface area contributed by atoms with Crippen LogP contribution in [0.2, 0.25) is 0 Å². The maximum absolute atomic E-state index is 12.6. The molecule has 1 N–H and O–H groups in total. The number of fused-ring (bicyclic) bond motifs is 1. The minimum atomic E-state index is -0.0621. The Bertz CT molecular complexity index is 855. The van der Waals surface area contributed by atoms with Gasteiger partial charge < -0.3 is 0 Å². The lowest BCUT2D eigenvalue weighted by molar-refractivity contribution is -0.120. The molecule has 28 heavy (non-hydrogen) atoms. The van der Waals surface area contributed by atoms with Crippen LogP contribution in [-0.2, 0) is 11.2 Å². The van der Waals surface area contributed by atoms with Crippen LogP contribution in [0.25, 0.3) is 0 Å². The number of nitrogens with zero attached hydrogens (tertiary/aromatic N) is 2. The number of carbonyl (C=O) groups is 2. The molecule has 1 atom stereocenters. The van der Waals surface area contributed by atoms with Gasteiger partial charge in [0.25, 0.3) is 0 Å². The smallest absolute Gasteiger partial charge is 0.229 e. The fraction of sp³-hybridized carbons (Fsp3) is 0.478. The number of carbonyl (C=O) groups excluding carboxylic acids is 2. The van der Waals surface area contributed by atoms with Gasteiger partial charge in [-0.1, -0.05) is 52.0 Å². The third kappa shape index (κ3) is 4.29. The highest BCUT2D eigenvalue weighted by Crippen LogP contribution is 2.32. The molecule has 1 aliphatic rings. The van der Waals surface area contributed by atoms with Crippen molar-refractivity contribution < 1.29 is 9.59 Å². The Morgan fingerprint density at radius 2 is 1.82 bits per heavy atom. The van der Waals surface area contributed by atoms with Gasteiger partial charge in [0.15, 0.2) is 5.78 Å². The first-order chi connectivity index (χ1) is 13.4. The zero-order valence-electron chi connectivity index (χ0n) is 17.2. The number of Topliss-reactive ketones (excluding diaryl/α,β-unsaturated/α-hetero) is 1. The Balaban J connectivity index is 1.80. The first-order valence-electron chi connectivity index (χ1n) is 10.2. The van der Waals surface area contributed by atoms with E-state index in [9.17, 15) is 9.59 Å². The quantitative estimate of drug-likeness (QED) is 0.776. The average Bonchev–Trinajstić information content (AvgIpc) is 2.68. The number of rotatable bonds is 6. The van der Waals surface area contributed by atoms with Crippen LogP contribution in [0.15, 0.2) is 30.5 Å². The van der Waals surface area contributed by atoms with Gasteiger partial charge in [0.2, 0.25) is 11.9 Å². The van der Waals surface area contributed by atoms with Gasteiger partial charge >= 0.3 is 0 Å². The molecule has 5 heteroatoms. The Labute approximate surface area is 167 Å². The highest BCUT2D eigenvalue weighted by molar-refractivity contribution is 5.99. The van der Waals surface area contributed by atoms with E-state index in [1.807, 2.05) is 13.8 Å². The van der Waals surface area contributed by atoms with Crippen LogP contribution in [0, 0.1) is 5.92 Å². The van der Waals surface area contributed by atoms with E-state index in [-0.39, 0.29) is 23.5 Å². The SMILES string of the molecule is CCC(CC)C(=O)Nc1ncc2c(n1)CC(c1ccc(C(C)C)cc1)CC2=O. The molecule has 0 bridgehead atoms. The number of benzene rings is 1. The van der Waals surface area contributed by atoms with Gasteiger partial charge in [-0.25, -0.2) is 9.97 Å². The summed E-state index contributed by atoms with van der Waals surface area (Å²) in [5.74, 6) is 0.841. The van der Waals surface area contributed by atoms with E-state index in [2.05, 4.69) is 53.4 Å². The summed E-state index contributed by atoms with van der Waals surface area (Å²) in [7, 11) is 0. The molecule has 2 aromatic rings. The van der Waals surface area contributed by atoms with Gasteiger partial charge in [-0.3, -0.25) is 14.9 Å². The molecule has 1 aromatic heterocycles. The molecule has 0 aliphatic heterocycles. The zero-order valence-corrected chi connectivity index (χ0v) is 17.2. The lowest BCUT2D eigenvalue weighted by Crippen LogP contribution is -2.25. The molecule has 1 heterocycles. The summed E-state index contributed by atoms with van der Waals surface area (Å²) in [6.07, 6.45) is 4.26. The van der Waals surface area contributed by atoms with Crippen molar-refractivity contribution in [1.82, 2.24) is 9.97 Å². The Morgan fingerprint density at radius 1 is 1.14 bits per heavy atom. The Morgan fingerprint density at radius 3 is 2.43 bits per heavy atom. The molecule has 148 valence electrons. The summed E-state index contributed by atoms with van der Waals surface area (Å²) >= 11 is 0. The van der Waals surface area contributed by atoms with E-state index in [4.69, 9.17) is 0 Å². The van der Waals surface area contributed by atoms with E-state index < -0.39 is 0 Å². The van der Waals surface area contributed by atoms with Crippen LogP contribution in [-0.4, -0.2) is 21.7 Å². The van der Waals surface area contributed by atoms with Crippen molar-refractivity contribution in [3.05, 3.63) is 52.8 Å². The first-order valence-corrected chi connectivity index (χ1v) is 10.2. The van der Waals surface area contributed by atoms with E-state index in [1.54, 1.807) is 6.20 Å². The highest BCUT2D eigenvalue weighted by Gasteiger charge is 2.28. The van der Waals surface area contributed by atoms with E-state index in [0.717, 1.165) is 24.1 Å². The van der Waals surface area contributed by atoms with Gasteiger partial charge in [0.1, 0.15) is 0 Å². The van der Waals surface area contributed by atoms with Gasteiger partial charge in [-0.2, -0.15) is 0 Å². The van der Waals surface area contributed by atoms with Crippen LogP contribution >= 0.6 is 0 Å². The molecule has 1 unspecified atom stereocenters. The number of ketones is 1. The predicted octanol–water partition coefficient (Wildman–Crippen LogP) is 4.89. The molecule has 0 spiro atoms. The highest BCUT2D eigenvalue weighted by atomic mass is 16.2. The van der Waals surface area contributed by atoms with Crippen LogP contribution in [0.4, 0.5) is 5.95 Å². The van der Waals surface area contributed by atoms with Gasteiger partial charge in [0.05, 0.1) is 11.3 Å². The number of nitrogens with one attached hydrogen (secondary N) is 1. The van der Waals surface area contributed by atoms with Crippen molar-refractivity contribution in [1.29, 1.82) is 0 Å². The fourth-order valence-electron chi connectivity index (χ4n) is 3.77. The summed E-state index contributed by atoms with van der Waals surface area (Å²) in [6, 6.07) is 8.52. The van der Waals surface area contributed by atoms with Crippen molar-refractivity contribution in [2.45, 2.75) is 65.2 Å². The molecule has 5 nitrogen and oxygen atoms in total. The summed E-state index contributed by atoms with van der Waals surface area (Å²) in [5.41, 5.74) is 3.75. The standard InChI is InChI=1S/C23H29N3O2/c1-5-15(6-2)22(28)26-23-24-13-19-20(25-23)11-18(12-21(19)27)17-9-7-16(8-10-17)14(3)4/h7-10,13-15,18H,5-6,11-12H2,1-4H3,(H,24,25,26,28). The summed E-state index contributed by atoms with van der Waals surface area (Å²) in [5, 5.41) is 2.81. The van der Waals surface area contributed by atoms with Gasteiger partial charge in [0, 0.05) is 18.5 Å². The monoisotopic (exact) mass is 379 g/mol. The Kier molecular flexibility index (Phi) is 6.22. The van der Waals surface area contributed by atoms with Crippen molar-refractivity contribution in [2.24, 2.45) is 5.92 Å². The maximum Gasteiger partial charge on any atom is 0.229 e. The van der Waals surface area contributed by atoms with E-state index in [1.165, 1.54) is 5.56 Å². The molecule has 1 aromatic carbocycles. The lowest BCUT2D eigenvalue weighted by atomic mass is 9.81. The van der Waals surface area contributed by atoms with Gasteiger partial charge in [-0.05, 0) is 42.2 Å². The minimum Gasteiger partial charge on any atom is -0.294 e. The van der Waals surface area contributed by atoms with Crippen LogP contribution < -0.4 is 5.32 Å². The molecular weight excluding hydrogens is 350 g/mol. The fourth-order valence-corrected chi connectivity index (χ4v) is 3.77. The third-order valence-corrected chi connectivity index (χ3v) is 5.71. The normalized spacial score (nSPS) is 16.4. The molecule has 0 radical (unpaired) electrons. The van der Waals surface area contributed by atoms with E-state index >= 15 is 0 Å². The molecular formula is C23H29N3O2. The van der Waals surface area contributed by atoms with Crippen molar-refractivity contribution >= 4 is 17.6 Å². The average molecular weight is 380 g/mol. The van der Waals surface area contributed by atoms with Crippen LogP contribution in [0.5, 0.6) is 0 Å². The van der Waals surface area contributed by atoms with Crippen LogP contribution in [0.1, 0.15) is 86.0 Å². The predicted molar refractivity (Wildman–Crippen MR) is 111 cm³/mol. The third-order valence-electron chi connectivity index (χ3n) is 5.71. The molecule has 0 fully saturated rings. The zero-order chi connectivity index (χ0) is 20.3. The van der Waals surface area contributed by atoms with Crippen LogP contribution in [0.3, 0.4) is 0 Å². The second-order valence-electron chi connectivity index (χ2n) is 7.91. The summed E-state index contributed by atoms with van der Waals surface area (Å²) in [6.45, 7) is 8.33. The molecule has 3 rings (SSSR count). The Hall–Kier alpha value is -2.56. The lowest BCUT2D eigenvalue weighted by Gasteiger charge is -2.24. The largest absolute Gasteiger partial charge is 0.294 e. The summed E-state index contributed by atoms with van der Waals surface area (Å²) in [4.78, 5) is 33.6. The van der Waals surface area contributed by atoms with Crippen molar-refractivity contribution in [2.75, 3.05) is 5.32 Å². The topological polar surface area (TPSA) is 72.0 Å². The van der Waals surface area contributed by atoms with Crippen molar-refractivity contribution in [3.8, 4) is 0 Å². The number of amides is 1. The molecule has 0 saturated heterocycles. The number of hydrogen-bond acceptors (Lipinski definition) is 4. The first kappa shape index (κ1) is 20.2. The summed E-state index contributed by atoms with van der Waals surface area (Å²) < 4.78 is 0. The minimum absolute atomic E-state index is 0.0477. The second-order valence-corrected chi connectivity index (χ2v) is 7.91. The number of aromatic nitrogens is 2. The molecule has 0 saturated carbocycles. The van der Waals surface area contributed by atoms with Gasteiger partial charge in [-0.15, -0.1) is 0 Å². The van der Waals surface area contributed by atoms with E-state index in [0.29, 0.717) is 30.3 Å². The number of anilines is 1. The maximum atomic E-state index is 12.6. The second kappa shape index (κ2) is 8.63. The van der Waals surface area contributed by atoms with Crippen molar-refractivity contribution in [3.63, 3.8) is 0 Å². The number of hydrogen-bond donors (Lipinski definition) is 1. The molecule has 1 amide bonds.